The molecule has 0 aliphatic carbocycles. The van der Waals surface area contributed by atoms with Crippen molar-refractivity contribution in [2.45, 2.75) is 11.0 Å². The summed E-state index contributed by atoms with van der Waals surface area (Å²) in [5.41, 5.74) is 0.178. The van der Waals surface area contributed by atoms with Gasteiger partial charge in [-0.3, -0.25) is 9.10 Å². The number of fused-ring (bicyclic) bond motifs is 1. The minimum atomic E-state index is -4.07. The molecule has 0 spiro atoms. The summed E-state index contributed by atoms with van der Waals surface area (Å²) in [5.74, 6) is 0.705. The molecule has 1 aliphatic rings. The standard InChI is InChI=1S/C23H20Cl2N2O5S/c24-16-10-17(25)12-18(11-16)27(33(29,30)20-6-2-1-3-7-20)14-23(28)26-13-19-15-31-21-8-4-5-9-22(21)32-19/h1-12,19H,13-15H2,(H,26,28)/t19-/m0/s1. The van der Waals surface area contributed by atoms with E-state index >= 15 is 0 Å². The molecule has 33 heavy (non-hydrogen) atoms. The SMILES string of the molecule is O=C(CN(c1cc(Cl)cc(Cl)c1)S(=O)(=O)c1ccccc1)NC[C@H]1COc2ccccc2O1. The van der Waals surface area contributed by atoms with E-state index in [0.29, 0.717) is 11.5 Å². The highest BCUT2D eigenvalue weighted by molar-refractivity contribution is 7.92. The number of carbonyl (C=O) groups is 1. The zero-order valence-corrected chi connectivity index (χ0v) is 19.6. The van der Waals surface area contributed by atoms with Gasteiger partial charge < -0.3 is 14.8 Å². The van der Waals surface area contributed by atoms with E-state index in [9.17, 15) is 13.2 Å². The van der Waals surface area contributed by atoms with Crippen molar-refractivity contribution >= 4 is 44.8 Å². The van der Waals surface area contributed by atoms with E-state index in [-0.39, 0.29) is 33.8 Å². The molecule has 1 N–H and O–H groups in total. The van der Waals surface area contributed by atoms with Crippen LogP contribution in [0.15, 0.2) is 77.7 Å². The molecule has 1 atom stereocenters. The van der Waals surface area contributed by atoms with Gasteiger partial charge in [0.15, 0.2) is 11.5 Å². The lowest BCUT2D eigenvalue weighted by Crippen LogP contribution is -2.45. The first-order chi connectivity index (χ1) is 15.8. The summed E-state index contributed by atoms with van der Waals surface area (Å²) in [6.45, 7) is -0.0754. The zero-order chi connectivity index (χ0) is 23.4. The minimum Gasteiger partial charge on any atom is -0.486 e. The lowest BCUT2D eigenvalue weighted by atomic mass is 10.2. The topological polar surface area (TPSA) is 84.9 Å². The smallest absolute Gasteiger partial charge is 0.264 e. The normalized spacial score (nSPS) is 15.0. The third-order valence-corrected chi connectivity index (χ3v) is 7.07. The summed E-state index contributed by atoms with van der Waals surface area (Å²) in [7, 11) is -4.07. The van der Waals surface area contributed by atoms with Gasteiger partial charge in [0.25, 0.3) is 10.0 Å². The minimum absolute atomic E-state index is 0.0366. The molecule has 7 nitrogen and oxygen atoms in total. The Morgan fingerprint density at radius 2 is 1.61 bits per heavy atom. The van der Waals surface area contributed by atoms with Crippen LogP contribution in [0.4, 0.5) is 5.69 Å². The van der Waals surface area contributed by atoms with Gasteiger partial charge in [0.2, 0.25) is 5.91 Å². The summed E-state index contributed by atoms with van der Waals surface area (Å²) in [6, 6.07) is 19.4. The van der Waals surface area contributed by atoms with Crippen molar-refractivity contribution in [3.8, 4) is 11.5 Å². The fourth-order valence-corrected chi connectivity index (χ4v) is 5.24. The number of para-hydroxylation sites is 2. The van der Waals surface area contributed by atoms with Crippen molar-refractivity contribution < 1.29 is 22.7 Å². The van der Waals surface area contributed by atoms with Gasteiger partial charge in [0.1, 0.15) is 19.3 Å². The molecule has 172 valence electrons. The number of rotatable bonds is 7. The van der Waals surface area contributed by atoms with E-state index in [1.807, 2.05) is 12.1 Å². The van der Waals surface area contributed by atoms with Crippen LogP contribution < -0.4 is 19.1 Å². The number of amides is 1. The molecule has 3 aromatic rings. The van der Waals surface area contributed by atoms with Crippen molar-refractivity contribution in [1.82, 2.24) is 5.32 Å². The van der Waals surface area contributed by atoms with Gasteiger partial charge in [-0.05, 0) is 42.5 Å². The van der Waals surface area contributed by atoms with Crippen LogP contribution in [0.2, 0.25) is 10.0 Å². The summed E-state index contributed by atoms with van der Waals surface area (Å²) >= 11 is 12.2. The Morgan fingerprint density at radius 1 is 0.970 bits per heavy atom. The molecule has 3 aromatic carbocycles. The number of nitrogens with one attached hydrogen (secondary N) is 1. The van der Waals surface area contributed by atoms with Crippen LogP contribution in [0, 0.1) is 0 Å². The Labute approximate surface area is 201 Å². The summed E-state index contributed by atoms with van der Waals surface area (Å²) in [5, 5.41) is 3.22. The summed E-state index contributed by atoms with van der Waals surface area (Å²) < 4.78 is 39.2. The Bertz CT molecular complexity index is 1230. The molecule has 1 heterocycles. The first-order valence-electron chi connectivity index (χ1n) is 10.0. The Balaban J connectivity index is 1.51. The van der Waals surface area contributed by atoms with Crippen LogP contribution >= 0.6 is 23.2 Å². The summed E-state index contributed by atoms with van der Waals surface area (Å²) in [4.78, 5) is 12.8. The third-order valence-electron chi connectivity index (χ3n) is 4.85. The van der Waals surface area contributed by atoms with E-state index in [4.69, 9.17) is 32.7 Å². The molecular formula is C23H20Cl2N2O5S. The third kappa shape index (κ3) is 5.52. The maximum atomic E-state index is 13.3. The Morgan fingerprint density at radius 3 is 2.30 bits per heavy atom. The molecule has 0 saturated heterocycles. The number of anilines is 1. The first kappa shape index (κ1) is 23.2. The summed E-state index contributed by atoms with van der Waals surface area (Å²) in [6.07, 6.45) is -0.413. The average molecular weight is 507 g/mol. The fourth-order valence-electron chi connectivity index (χ4n) is 3.30. The molecule has 0 bridgehead atoms. The number of halogens is 2. The highest BCUT2D eigenvalue weighted by Crippen LogP contribution is 2.31. The van der Waals surface area contributed by atoms with E-state index < -0.39 is 28.6 Å². The van der Waals surface area contributed by atoms with Crippen LogP contribution in [0.3, 0.4) is 0 Å². The van der Waals surface area contributed by atoms with Gasteiger partial charge in [-0.15, -0.1) is 0 Å². The van der Waals surface area contributed by atoms with Crippen LogP contribution in [0.25, 0.3) is 0 Å². The predicted molar refractivity (Wildman–Crippen MR) is 127 cm³/mol. The monoisotopic (exact) mass is 506 g/mol. The predicted octanol–water partition coefficient (Wildman–Crippen LogP) is 4.14. The van der Waals surface area contributed by atoms with E-state index in [2.05, 4.69) is 5.32 Å². The number of carbonyl (C=O) groups excluding carboxylic acids is 1. The van der Waals surface area contributed by atoms with Crippen LogP contribution in [-0.4, -0.2) is 40.1 Å². The molecule has 0 saturated carbocycles. The van der Waals surface area contributed by atoms with Crippen molar-refractivity contribution in [1.29, 1.82) is 0 Å². The fraction of sp³-hybridized carbons (Fsp3) is 0.174. The van der Waals surface area contributed by atoms with Crippen LogP contribution in [0.1, 0.15) is 0 Å². The molecule has 0 fully saturated rings. The molecular weight excluding hydrogens is 487 g/mol. The second kappa shape index (κ2) is 9.91. The highest BCUT2D eigenvalue weighted by Gasteiger charge is 2.28. The van der Waals surface area contributed by atoms with Gasteiger partial charge >= 0.3 is 0 Å². The highest BCUT2D eigenvalue weighted by atomic mass is 35.5. The molecule has 0 unspecified atom stereocenters. The van der Waals surface area contributed by atoms with Gasteiger partial charge in [-0.2, -0.15) is 0 Å². The van der Waals surface area contributed by atoms with Crippen molar-refractivity contribution in [3.05, 3.63) is 82.8 Å². The van der Waals surface area contributed by atoms with E-state index in [1.54, 1.807) is 30.3 Å². The number of hydrogen-bond acceptors (Lipinski definition) is 5. The second-order valence-electron chi connectivity index (χ2n) is 7.25. The number of hydrogen-bond donors (Lipinski definition) is 1. The Hall–Kier alpha value is -2.94. The maximum absolute atomic E-state index is 13.3. The van der Waals surface area contributed by atoms with Crippen molar-refractivity contribution in [3.63, 3.8) is 0 Å². The number of ether oxygens (including phenoxy) is 2. The average Bonchev–Trinajstić information content (AvgIpc) is 2.81. The largest absolute Gasteiger partial charge is 0.486 e. The van der Waals surface area contributed by atoms with Gasteiger partial charge in [-0.25, -0.2) is 8.42 Å². The number of sulfonamides is 1. The van der Waals surface area contributed by atoms with Crippen molar-refractivity contribution in [2.24, 2.45) is 0 Å². The van der Waals surface area contributed by atoms with Crippen LogP contribution in [-0.2, 0) is 14.8 Å². The Kier molecular flexibility index (Phi) is 6.97. The first-order valence-corrected chi connectivity index (χ1v) is 12.2. The van der Waals surface area contributed by atoms with E-state index in [0.717, 1.165) is 4.31 Å². The molecule has 10 heteroatoms. The maximum Gasteiger partial charge on any atom is 0.264 e. The molecule has 0 aromatic heterocycles. The zero-order valence-electron chi connectivity index (χ0n) is 17.3. The second-order valence-corrected chi connectivity index (χ2v) is 9.99. The van der Waals surface area contributed by atoms with Gasteiger partial charge in [-0.1, -0.05) is 53.5 Å². The molecule has 1 amide bonds. The molecule has 4 rings (SSSR count). The number of nitrogens with zero attached hydrogens (tertiary/aromatic N) is 1. The quantitative estimate of drug-likeness (QED) is 0.520. The van der Waals surface area contributed by atoms with E-state index in [1.165, 1.54) is 30.3 Å². The lowest BCUT2D eigenvalue weighted by Gasteiger charge is -2.27. The van der Waals surface area contributed by atoms with Crippen molar-refractivity contribution in [2.75, 3.05) is 24.0 Å². The number of benzene rings is 3. The molecule has 0 radical (unpaired) electrons. The van der Waals surface area contributed by atoms with Gasteiger partial charge in [0, 0.05) is 10.0 Å². The molecule has 1 aliphatic heterocycles. The lowest BCUT2D eigenvalue weighted by molar-refractivity contribution is -0.120. The van der Waals surface area contributed by atoms with Crippen LogP contribution in [0.5, 0.6) is 11.5 Å². The van der Waals surface area contributed by atoms with Gasteiger partial charge in [0.05, 0.1) is 17.1 Å².